The molecule has 110 valence electrons. The largest absolute Gasteiger partial charge is 0.348 e. The molecule has 0 bridgehead atoms. The van der Waals surface area contributed by atoms with Gasteiger partial charge in [0.2, 0.25) is 0 Å². The average molecular weight is 293 g/mol. The van der Waals surface area contributed by atoms with E-state index < -0.39 is 0 Å². The number of hydrogen-bond donors (Lipinski definition) is 1. The number of amides is 1. The van der Waals surface area contributed by atoms with Crippen LogP contribution in [0.15, 0.2) is 61.4 Å². The first kappa shape index (κ1) is 13.9. The number of hydrogen-bond acceptors (Lipinski definition) is 4. The van der Waals surface area contributed by atoms with Gasteiger partial charge in [0.15, 0.2) is 0 Å². The predicted octanol–water partition coefficient (Wildman–Crippen LogP) is 1.65. The average Bonchev–Trinajstić information content (AvgIpc) is 3.07. The molecule has 6 heteroatoms. The van der Waals surface area contributed by atoms with Crippen LogP contribution in [0.3, 0.4) is 0 Å². The van der Waals surface area contributed by atoms with Crippen LogP contribution in [-0.2, 0) is 13.1 Å². The molecule has 0 aliphatic carbocycles. The highest BCUT2D eigenvalue weighted by Crippen LogP contribution is 2.10. The zero-order chi connectivity index (χ0) is 15.2. The van der Waals surface area contributed by atoms with Crippen molar-refractivity contribution in [1.29, 1.82) is 0 Å². The maximum atomic E-state index is 12.1. The topological polar surface area (TPSA) is 72.7 Å². The van der Waals surface area contributed by atoms with Crippen molar-refractivity contribution in [3.63, 3.8) is 0 Å². The summed E-state index contributed by atoms with van der Waals surface area (Å²) in [5, 5.41) is 7.02. The Morgan fingerprint density at radius 2 is 1.95 bits per heavy atom. The van der Waals surface area contributed by atoms with E-state index in [-0.39, 0.29) is 5.91 Å². The summed E-state index contributed by atoms with van der Waals surface area (Å²) in [5.74, 6) is -0.136. The number of rotatable bonds is 5. The Labute approximate surface area is 127 Å². The fourth-order valence-electron chi connectivity index (χ4n) is 2.15. The summed E-state index contributed by atoms with van der Waals surface area (Å²) in [6, 6.07) is 11.4. The molecule has 2 aromatic heterocycles. The van der Waals surface area contributed by atoms with E-state index in [0.29, 0.717) is 18.7 Å². The van der Waals surface area contributed by atoms with Crippen LogP contribution >= 0.6 is 0 Å². The molecule has 0 radical (unpaired) electrons. The molecular weight excluding hydrogens is 278 g/mol. The molecule has 2 heterocycles. The third-order valence-electron chi connectivity index (χ3n) is 3.28. The van der Waals surface area contributed by atoms with E-state index in [2.05, 4.69) is 20.4 Å². The molecule has 0 fully saturated rings. The molecule has 1 aromatic carbocycles. The molecule has 0 atom stereocenters. The first-order chi connectivity index (χ1) is 10.8. The lowest BCUT2D eigenvalue weighted by Gasteiger charge is -2.10. The molecule has 6 nitrogen and oxygen atoms in total. The summed E-state index contributed by atoms with van der Waals surface area (Å²) in [6.07, 6.45) is 6.37. The van der Waals surface area contributed by atoms with Crippen molar-refractivity contribution in [3.8, 4) is 0 Å². The van der Waals surface area contributed by atoms with Gasteiger partial charge in [0.05, 0.1) is 12.1 Å². The molecule has 0 unspecified atom stereocenters. The van der Waals surface area contributed by atoms with Crippen LogP contribution in [0, 0.1) is 0 Å². The zero-order valence-corrected chi connectivity index (χ0v) is 11.9. The number of aromatic nitrogens is 4. The van der Waals surface area contributed by atoms with Gasteiger partial charge in [-0.05, 0) is 23.3 Å². The van der Waals surface area contributed by atoms with Gasteiger partial charge in [-0.25, -0.2) is 9.67 Å². The molecule has 0 aliphatic heterocycles. The highest BCUT2D eigenvalue weighted by Gasteiger charge is 2.07. The molecule has 3 rings (SSSR count). The van der Waals surface area contributed by atoms with Gasteiger partial charge in [-0.15, -0.1) is 0 Å². The van der Waals surface area contributed by atoms with Gasteiger partial charge in [0, 0.05) is 18.9 Å². The maximum Gasteiger partial charge on any atom is 0.253 e. The van der Waals surface area contributed by atoms with Crippen molar-refractivity contribution in [3.05, 3.63) is 78.1 Å². The number of carbonyl (C=O) groups is 1. The fraction of sp³-hybridized carbons (Fsp3) is 0.125. The smallest absolute Gasteiger partial charge is 0.253 e. The minimum absolute atomic E-state index is 0.136. The van der Waals surface area contributed by atoms with Crippen LogP contribution in [0.2, 0.25) is 0 Å². The van der Waals surface area contributed by atoms with Crippen molar-refractivity contribution >= 4 is 5.91 Å². The molecular formula is C16H15N5O. The second-order valence-electron chi connectivity index (χ2n) is 4.79. The second-order valence-corrected chi connectivity index (χ2v) is 4.79. The standard InChI is InChI=1S/C16H15N5O/c22-16(14-6-3-7-17-8-14)19-9-13-4-1-2-5-15(13)10-21-12-18-11-20-21/h1-8,11-12H,9-10H2,(H,19,22). The Kier molecular flexibility index (Phi) is 4.20. The highest BCUT2D eigenvalue weighted by atomic mass is 16.1. The molecule has 0 saturated carbocycles. The normalized spacial score (nSPS) is 10.4. The Morgan fingerprint density at radius 3 is 2.68 bits per heavy atom. The monoisotopic (exact) mass is 293 g/mol. The van der Waals surface area contributed by atoms with E-state index in [0.717, 1.165) is 11.1 Å². The van der Waals surface area contributed by atoms with Crippen molar-refractivity contribution < 1.29 is 4.79 Å². The maximum absolute atomic E-state index is 12.1. The lowest BCUT2D eigenvalue weighted by Crippen LogP contribution is -2.23. The molecule has 3 aromatic rings. The van der Waals surface area contributed by atoms with Gasteiger partial charge in [-0.2, -0.15) is 5.10 Å². The van der Waals surface area contributed by atoms with Crippen LogP contribution in [-0.4, -0.2) is 25.7 Å². The third kappa shape index (κ3) is 3.35. The quantitative estimate of drug-likeness (QED) is 0.776. The number of benzene rings is 1. The van der Waals surface area contributed by atoms with Crippen LogP contribution in [0.1, 0.15) is 21.5 Å². The van der Waals surface area contributed by atoms with Gasteiger partial charge in [0.1, 0.15) is 12.7 Å². The molecule has 0 saturated heterocycles. The van der Waals surface area contributed by atoms with Crippen molar-refractivity contribution in [2.75, 3.05) is 0 Å². The lowest BCUT2D eigenvalue weighted by atomic mass is 10.1. The number of pyridine rings is 1. The van der Waals surface area contributed by atoms with E-state index in [1.807, 2.05) is 24.3 Å². The zero-order valence-electron chi connectivity index (χ0n) is 11.9. The molecule has 0 spiro atoms. The van der Waals surface area contributed by atoms with Gasteiger partial charge in [0.25, 0.3) is 5.91 Å². The van der Waals surface area contributed by atoms with Gasteiger partial charge >= 0.3 is 0 Å². The SMILES string of the molecule is O=C(NCc1ccccc1Cn1cncn1)c1cccnc1. The summed E-state index contributed by atoms with van der Waals surface area (Å²) in [5.41, 5.74) is 2.70. The van der Waals surface area contributed by atoms with Crippen LogP contribution in [0.4, 0.5) is 0 Å². The van der Waals surface area contributed by atoms with Gasteiger partial charge in [-0.1, -0.05) is 24.3 Å². The van der Waals surface area contributed by atoms with E-state index in [4.69, 9.17) is 0 Å². The minimum atomic E-state index is -0.136. The van der Waals surface area contributed by atoms with Crippen LogP contribution in [0.25, 0.3) is 0 Å². The van der Waals surface area contributed by atoms with E-state index >= 15 is 0 Å². The Bertz CT molecular complexity index is 740. The molecule has 0 aliphatic rings. The molecule has 1 amide bonds. The van der Waals surface area contributed by atoms with Crippen LogP contribution < -0.4 is 5.32 Å². The van der Waals surface area contributed by atoms with E-state index in [9.17, 15) is 4.79 Å². The summed E-state index contributed by atoms with van der Waals surface area (Å²) in [4.78, 5) is 20.0. The van der Waals surface area contributed by atoms with E-state index in [1.54, 1.807) is 35.5 Å². The predicted molar refractivity (Wildman–Crippen MR) is 81.0 cm³/mol. The Hall–Kier alpha value is -3.02. The van der Waals surface area contributed by atoms with E-state index in [1.165, 1.54) is 6.33 Å². The summed E-state index contributed by atoms with van der Waals surface area (Å²) in [7, 11) is 0. The fourth-order valence-corrected chi connectivity index (χ4v) is 2.15. The Balaban J connectivity index is 1.69. The summed E-state index contributed by atoms with van der Waals surface area (Å²) in [6.45, 7) is 1.08. The summed E-state index contributed by atoms with van der Waals surface area (Å²) < 4.78 is 1.75. The first-order valence-electron chi connectivity index (χ1n) is 6.90. The lowest BCUT2D eigenvalue weighted by molar-refractivity contribution is 0.0950. The van der Waals surface area contributed by atoms with Crippen molar-refractivity contribution in [2.45, 2.75) is 13.1 Å². The first-order valence-corrected chi connectivity index (χ1v) is 6.90. The van der Waals surface area contributed by atoms with Crippen LogP contribution in [0.5, 0.6) is 0 Å². The highest BCUT2D eigenvalue weighted by molar-refractivity contribution is 5.93. The van der Waals surface area contributed by atoms with Gasteiger partial charge in [-0.3, -0.25) is 9.78 Å². The molecule has 1 N–H and O–H groups in total. The number of carbonyl (C=O) groups excluding carboxylic acids is 1. The minimum Gasteiger partial charge on any atom is -0.348 e. The Morgan fingerprint density at radius 1 is 1.09 bits per heavy atom. The van der Waals surface area contributed by atoms with Gasteiger partial charge < -0.3 is 5.32 Å². The summed E-state index contributed by atoms with van der Waals surface area (Å²) >= 11 is 0. The third-order valence-corrected chi connectivity index (χ3v) is 3.28. The number of nitrogens with one attached hydrogen (secondary N) is 1. The molecule has 22 heavy (non-hydrogen) atoms. The van der Waals surface area contributed by atoms with Crippen molar-refractivity contribution in [1.82, 2.24) is 25.1 Å². The second kappa shape index (κ2) is 6.62. The van der Waals surface area contributed by atoms with Crippen molar-refractivity contribution in [2.24, 2.45) is 0 Å². The number of nitrogens with zero attached hydrogens (tertiary/aromatic N) is 4.